The molecular weight excluding hydrogens is 434 g/mol. The number of sulfonamides is 1. The van der Waals surface area contributed by atoms with E-state index in [9.17, 15) is 18.0 Å². The lowest BCUT2D eigenvalue weighted by Crippen LogP contribution is -2.47. The number of fused-ring (bicyclic) bond motifs is 1. The molecule has 31 heavy (non-hydrogen) atoms. The van der Waals surface area contributed by atoms with Gasteiger partial charge in [-0.3, -0.25) is 9.59 Å². The molecule has 172 valence electrons. The highest BCUT2D eigenvalue weighted by atomic mass is 32.2. The summed E-state index contributed by atoms with van der Waals surface area (Å²) in [5, 5.41) is 2.92. The van der Waals surface area contributed by atoms with Crippen LogP contribution in [-0.2, 0) is 19.6 Å². The van der Waals surface area contributed by atoms with Crippen molar-refractivity contribution in [3.05, 3.63) is 18.2 Å². The Bertz CT molecular complexity index is 948. The van der Waals surface area contributed by atoms with E-state index in [-0.39, 0.29) is 34.9 Å². The summed E-state index contributed by atoms with van der Waals surface area (Å²) in [6, 6.07) is 4.95. The van der Waals surface area contributed by atoms with Gasteiger partial charge in [-0.15, -0.1) is 11.8 Å². The molecular formula is C22H33N3O4S2. The smallest absolute Gasteiger partial charge is 0.243 e. The molecule has 2 aliphatic rings. The number of hydrogen-bond acceptors (Lipinski definition) is 5. The van der Waals surface area contributed by atoms with E-state index < -0.39 is 15.6 Å². The van der Waals surface area contributed by atoms with Crippen molar-refractivity contribution < 1.29 is 18.0 Å². The van der Waals surface area contributed by atoms with Gasteiger partial charge in [0.25, 0.3) is 0 Å². The molecule has 2 amide bonds. The van der Waals surface area contributed by atoms with Gasteiger partial charge in [-0.2, -0.15) is 4.31 Å². The Morgan fingerprint density at radius 1 is 1.19 bits per heavy atom. The first-order chi connectivity index (χ1) is 14.4. The van der Waals surface area contributed by atoms with Crippen molar-refractivity contribution in [3.63, 3.8) is 0 Å². The van der Waals surface area contributed by atoms with Gasteiger partial charge in [-0.05, 0) is 57.7 Å². The molecule has 3 rings (SSSR count). The molecule has 0 aromatic heterocycles. The van der Waals surface area contributed by atoms with Gasteiger partial charge in [0.2, 0.25) is 21.8 Å². The summed E-state index contributed by atoms with van der Waals surface area (Å²) in [5.74, 6) is 0.0691. The molecule has 0 saturated carbocycles. The fraction of sp³-hybridized carbons (Fsp3) is 0.636. The van der Waals surface area contributed by atoms with E-state index >= 15 is 0 Å². The topological polar surface area (TPSA) is 86.8 Å². The van der Waals surface area contributed by atoms with Crippen LogP contribution >= 0.6 is 11.8 Å². The van der Waals surface area contributed by atoms with E-state index in [0.717, 1.165) is 17.7 Å². The zero-order valence-electron chi connectivity index (χ0n) is 19.0. The molecule has 1 unspecified atom stereocenters. The van der Waals surface area contributed by atoms with Crippen LogP contribution in [0.3, 0.4) is 0 Å². The van der Waals surface area contributed by atoms with Crippen molar-refractivity contribution in [1.82, 2.24) is 9.62 Å². The highest BCUT2D eigenvalue weighted by molar-refractivity contribution is 8.00. The molecule has 0 radical (unpaired) electrons. The molecule has 1 N–H and O–H groups in total. The number of nitrogens with one attached hydrogen (secondary N) is 1. The Balaban J connectivity index is 1.96. The van der Waals surface area contributed by atoms with Gasteiger partial charge in [0.1, 0.15) is 6.54 Å². The second-order valence-corrected chi connectivity index (χ2v) is 13.0. The fourth-order valence-electron chi connectivity index (χ4n) is 3.87. The molecule has 1 fully saturated rings. The number of nitrogens with zero attached hydrogens (tertiary/aromatic N) is 2. The third kappa shape index (κ3) is 5.81. The first-order valence-electron chi connectivity index (χ1n) is 10.8. The Hall–Kier alpha value is -1.58. The number of amides is 2. The molecule has 1 aromatic carbocycles. The maximum Gasteiger partial charge on any atom is 0.243 e. The average molecular weight is 468 g/mol. The average Bonchev–Trinajstić information content (AvgIpc) is 2.76. The summed E-state index contributed by atoms with van der Waals surface area (Å²) in [7, 11) is -3.66. The Morgan fingerprint density at radius 2 is 1.84 bits per heavy atom. The van der Waals surface area contributed by atoms with Crippen LogP contribution < -0.4 is 10.2 Å². The van der Waals surface area contributed by atoms with E-state index in [1.54, 1.807) is 18.2 Å². The summed E-state index contributed by atoms with van der Waals surface area (Å²) in [6.45, 7) is 10.6. The van der Waals surface area contributed by atoms with Gasteiger partial charge in [-0.25, -0.2) is 8.42 Å². The van der Waals surface area contributed by atoms with Gasteiger partial charge < -0.3 is 10.2 Å². The zero-order valence-corrected chi connectivity index (χ0v) is 20.6. The van der Waals surface area contributed by atoms with E-state index in [4.69, 9.17) is 0 Å². The van der Waals surface area contributed by atoms with Crippen molar-refractivity contribution in [2.75, 3.05) is 24.5 Å². The quantitative estimate of drug-likeness (QED) is 0.735. The third-order valence-corrected chi connectivity index (χ3v) is 8.57. The highest BCUT2D eigenvalue weighted by Crippen LogP contribution is 2.39. The largest absolute Gasteiger partial charge is 0.350 e. The van der Waals surface area contributed by atoms with Gasteiger partial charge in [0.15, 0.2) is 0 Å². The fourth-order valence-corrected chi connectivity index (χ4v) is 6.45. The standard InChI is InChI=1S/C22H33N3O4S2/c1-15-8-10-24(11-9-15)31(28,29)17-6-7-19-18(13-17)25(21(27)12-16(2)30-19)14-20(26)23-22(3,4)5/h6-7,13,15-16H,8-12,14H2,1-5H3,(H,23,26). The SMILES string of the molecule is CC1CCN(S(=O)(=O)c2ccc3c(c2)N(CC(=O)NC(C)(C)C)C(=O)CC(C)S3)CC1. The molecule has 2 heterocycles. The van der Waals surface area contributed by atoms with Crippen LogP contribution in [0.2, 0.25) is 0 Å². The Morgan fingerprint density at radius 3 is 2.45 bits per heavy atom. The van der Waals surface area contributed by atoms with Gasteiger partial charge in [0, 0.05) is 35.2 Å². The van der Waals surface area contributed by atoms with Crippen molar-refractivity contribution in [2.45, 2.75) is 74.5 Å². The number of benzene rings is 1. The molecule has 2 aliphatic heterocycles. The predicted octanol–water partition coefficient (Wildman–Crippen LogP) is 3.24. The van der Waals surface area contributed by atoms with E-state index in [2.05, 4.69) is 12.2 Å². The van der Waals surface area contributed by atoms with Crippen LogP contribution in [0.4, 0.5) is 5.69 Å². The summed E-state index contributed by atoms with van der Waals surface area (Å²) >= 11 is 1.53. The lowest BCUT2D eigenvalue weighted by molar-refractivity contribution is -0.124. The Labute approximate surface area is 190 Å². The first-order valence-corrected chi connectivity index (χ1v) is 13.1. The number of thioether (sulfide) groups is 1. The number of anilines is 1. The second-order valence-electron chi connectivity index (χ2n) is 9.63. The van der Waals surface area contributed by atoms with Gasteiger partial charge >= 0.3 is 0 Å². The summed E-state index contributed by atoms with van der Waals surface area (Å²) in [5.41, 5.74) is 0.0721. The van der Waals surface area contributed by atoms with Gasteiger partial charge in [-0.1, -0.05) is 13.8 Å². The number of carbonyl (C=O) groups excluding carboxylic acids is 2. The van der Waals surface area contributed by atoms with Crippen LogP contribution in [0.25, 0.3) is 0 Å². The molecule has 0 aliphatic carbocycles. The van der Waals surface area contributed by atoms with Crippen LogP contribution in [-0.4, -0.2) is 55.0 Å². The van der Waals surface area contributed by atoms with Crippen LogP contribution in [0.5, 0.6) is 0 Å². The lowest BCUT2D eigenvalue weighted by Gasteiger charge is -2.30. The summed E-state index contributed by atoms with van der Waals surface area (Å²) in [4.78, 5) is 28.0. The molecule has 1 saturated heterocycles. The van der Waals surface area contributed by atoms with Crippen molar-refractivity contribution >= 4 is 39.3 Å². The molecule has 7 nitrogen and oxygen atoms in total. The number of carbonyl (C=O) groups is 2. The van der Waals surface area contributed by atoms with E-state index in [1.807, 2.05) is 27.7 Å². The van der Waals surface area contributed by atoms with Crippen molar-refractivity contribution in [3.8, 4) is 0 Å². The van der Waals surface area contributed by atoms with E-state index in [1.165, 1.54) is 21.0 Å². The normalized spacial score (nSPS) is 21.5. The maximum atomic E-state index is 13.3. The molecule has 0 bridgehead atoms. The summed E-state index contributed by atoms with van der Waals surface area (Å²) in [6.07, 6.45) is 1.97. The number of hydrogen-bond donors (Lipinski definition) is 1. The van der Waals surface area contributed by atoms with Crippen LogP contribution in [0, 0.1) is 5.92 Å². The Kier molecular flexibility index (Phi) is 7.08. The highest BCUT2D eigenvalue weighted by Gasteiger charge is 2.32. The minimum Gasteiger partial charge on any atom is -0.350 e. The third-order valence-electron chi connectivity index (χ3n) is 5.51. The monoisotopic (exact) mass is 467 g/mol. The van der Waals surface area contributed by atoms with E-state index in [0.29, 0.717) is 24.7 Å². The minimum absolute atomic E-state index is 0.0352. The van der Waals surface area contributed by atoms with Crippen LogP contribution in [0.15, 0.2) is 28.0 Å². The minimum atomic E-state index is -3.66. The summed E-state index contributed by atoms with van der Waals surface area (Å²) < 4.78 is 28.1. The number of rotatable bonds is 4. The molecule has 9 heteroatoms. The molecule has 1 aromatic rings. The van der Waals surface area contributed by atoms with Crippen LogP contribution in [0.1, 0.15) is 53.9 Å². The van der Waals surface area contributed by atoms with Gasteiger partial charge in [0.05, 0.1) is 10.6 Å². The molecule has 0 spiro atoms. The van der Waals surface area contributed by atoms with Crippen molar-refractivity contribution in [2.24, 2.45) is 5.92 Å². The lowest BCUT2D eigenvalue weighted by atomic mass is 10.0. The van der Waals surface area contributed by atoms with Crippen molar-refractivity contribution in [1.29, 1.82) is 0 Å². The second kappa shape index (κ2) is 9.11. The maximum absolute atomic E-state index is 13.3. The predicted molar refractivity (Wildman–Crippen MR) is 124 cm³/mol. The zero-order chi connectivity index (χ0) is 23.0. The molecule has 1 atom stereocenters. The first kappa shape index (κ1) is 24.1. The number of piperidine rings is 1.